The average molecular weight is 421 g/mol. The highest BCUT2D eigenvalue weighted by Gasteiger charge is 2.15. The number of rotatable bonds is 6. The molecule has 0 atom stereocenters. The number of fused-ring (bicyclic) bond motifs is 1. The lowest BCUT2D eigenvalue weighted by Gasteiger charge is -2.14. The zero-order valence-electron chi connectivity index (χ0n) is 17.0. The van der Waals surface area contributed by atoms with Crippen LogP contribution < -0.4 is 24.8 Å². The highest BCUT2D eigenvalue weighted by atomic mass is 16.5. The molecule has 0 bridgehead atoms. The summed E-state index contributed by atoms with van der Waals surface area (Å²) >= 11 is 0. The number of oxazole rings is 1. The van der Waals surface area contributed by atoms with Crippen LogP contribution in [0.1, 0.15) is 0 Å². The van der Waals surface area contributed by atoms with E-state index in [0.717, 1.165) is 0 Å². The Labute approximate surface area is 177 Å². The minimum absolute atomic E-state index is 0.308. The normalized spacial score (nSPS) is 10.5. The van der Waals surface area contributed by atoms with Crippen LogP contribution >= 0.6 is 0 Å². The predicted octanol–water partition coefficient (Wildman–Crippen LogP) is 3.95. The molecule has 10 heteroatoms. The van der Waals surface area contributed by atoms with E-state index in [4.69, 9.17) is 18.6 Å². The number of pyridine rings is 2. The van der Waals surface area contributed by atoms with Gasteiger partial charge in [0.1, 0.15) is 11.5 Å². The van der Waals surface area contributed by atoms with Crippen molar-refractivity contribution >= 4 is 28.8 Å². The first kappa shape index (κ1) is 20.0. The number of urea groups is 1. The number of hydrogen-bond donors (Lipinski definition) is 2. The molecule has 3 aromatic heterocycles. The van der Waals surface area contributed by atoms with Crippen molar-refractivity contribution in [2.75, 3.05) is 32.0 Å². The molecule has 0 saturated heterocycles. The fourth-order valence-electron chi connectivity index (χ4n) is 2.93. The van der Waals surface area contributed by atoms with Crippen LogP contribution in [0.2, 0.25) is 0 Å². The van der Waals surface area contributed by atoms with Crippen molar-refractivity contribution in [3.8, 4) is 28.8 Å². The topological polar surface area (TPSA) is 121 Å². The minimum Gasteiger partial charge on any atom is -0.493 e. The van der Waals surface area contributed by atoms with Gasteiger partial charge in [0.25, 0.3) is 0 Å². The molecule has 0 aliphatic rings. The molecule has 2 amide bonds. The first-order valence-electron chi connectivity index (χ1n) is 9.18. The van der Waals surface area contributed by atoms with Gasteiger partial charge in [-0.2, -0.15) is 4.98 Å². The Hall–Kier alpha value is -4.34. The second-order valence-electron chi connectivity index (χ2n) is 6.25. The molecule has 31 heavy (non-hydrogen) atoms. The summed E-state index contributed by atoms with van der Waals surface area (Å²) in [5, 5.41) is 5.40. The van der Waals surface area contributed by atoms with Crippen molar-refractivity contribution in [2.45, 2.75) is 0 Å². The van der Waals surface area contributed by atoms with Crippen LogP contribution in [-0.2, 0) is 0 Å². The second-order valence-corrected chi connectivity index (χ2v) is 6.25. The van der Waals surface area contributed by atoms with E-state index in [2.05, 4.69) is 25.6 Å². The molecule has 158 valence electrons. The van der Waals surface area contributed by atoms with Crippen molar-refractivity contribution < 1.29 is 23.4 Å². The molecule has 3 heterocycles. The highest BCUT2D eigenvalue weighted by molar-refractivity contribution is 5.99. The average Bonchev–Trinajstić information content (AvgIpc) is 3.23. The predicted molar refractivity (Wildman–Crippen MR) is 114 cm³/mol. The van der Waals surface area contributed by atoms with Gasteiger partial charge in [0.05, 0.1) is 27.0 Å². The zero-order chi connectivity index (χ0) is 21.8. The molecule has 4 rings (SSSR count). The van der Waals surface area contributed by atoms with Crippen molar-refractivity contribution in [1.82, 2.24) is 15.0 Å². The monoisotopic (exact) mass is 421 g/mol. The maximum Gasteiger partial charge on any atom is 0.324 e. The van der Waals surface area contributed by atoms with E-state index in [0.29, 0.717) is 51.6 Å². The Balaban J connectivity index is 1.52. The summed E-state index contributed by atoms with van der Waals surface area (Å²) in [6, 6.07) is 11.4. The summed E-state index contributed by atoms with van der Waals surface area (Å²) < 4.78 is 21.6. The van der Waals surface area contributed by atoms with E-state index in [9.17, 15) is 4.79 Å². The van der Waals surface area contributed by atoms with Gasteiger partial charge in [-0.3, -0.25) is 5.32 Å². The first-order chi connectivity index (χ1) is 15.1. The summed E-state index contributed by atoms with van der Waals surface area (Å²) in [6.07, 6.45) is 1.63. The smallest absolute Gasteiger partial charge is 0.324 e. The van der Waals surface area contributed by atoms with Gasteiger partial charge in [-0.25, -0.2) is 14.8 Å². The number of nitrogens with zero attached hydrogens (tertiary/aromatic N) is 3. The largest absolute Gasteiger partial charge is 0.493 e. The van der Waals surface area contributed by atoms with Gasteiger partial charge in [-0.1, -0.05) is 6.07 Å². The van der Waals surface area contributed by atoms with Crippen LogP contribution in [0.25, 0.3) is 22.8 Å². The third-order valence-corrected chi connectivity index (χ3v) is 4.30. The fraction of sp³-hybridized carbons (Fsp3) is 0.143. The number of amides is 2. The van der Waals surface area contributed by atoms with Crippen LogP contribution in [0, 0.1) is 0 Å². The molecule has 2 N–H and O–H groups in total. The number of carbonyl (C=O) groups excluding carboxylic acids is 1. The lowest BCUT2D eigenvalue weighted by Crippen LogP contribution is -2.20. The molecule has 0 aliphatic carbocycles. The molecule has 0 unspecified atom stereocenters. The van der Waals surface area contributed by atoms with Crippen LogP contribution in [0.15, 0.2) is 53.1 Å². The van der Waals surface area contributed by atoms with Gasteiger partial charge in [-0.15, -0.1) is 0 Å². The zero-order valence-corrected chi connectivity index (χ0v) is 17.0. The lowest BCUT2D eigenvalue weighted by molar-refractivity contribution is 0.262. The second kappa shape index (κ2) is 8.57. The standard InChI is InChI=1S/C21H19N5O5/c1-28-15-10-12(11-16(29-2)18(15)30-3)23-21(27)25-17-8-4-6-13(24-17)20-26-19-14(31-20)7-5-9-22-19/h4-11H,1-3H3,(H2,23,24,25,27). The number of benzene rings is 1. The third-order valence-electron chi connectivity index (χ3n) is 4.30. The Morgan fingerprint density at radius 2 is 1.71 bits per heavy atom. The summed E-state index contributed by atoms with van der Waals surface area (Å²) in [5.41, 5.74) is 1.95. The van der Waals surface area contributed by atoms with E-state index in [1.807, 2.05) is 0 Å². The summed E-state index contributed by atoms with van der Waals surface area (Å²) in [5.74, 6) is 1.89. The van der Waals surface area contributed by atoms with Crippen molar-refractivity contribution in [3.63, 3.8) is 0 Å². The van der Waals surface area contributed by atoms with Gasteiger partial charge in [0.2, 0.25) is 11.6 Å². The van der Waals surface area contributed by atoms with Crippen LogP contribution in [0.3, 0.4) is 0 Å². The third kappa shape index (κ3) is 4.17. The molecule has 1 aromatic carbocycles. The Bertz CT molecular complexity index is 1180. The quantitative estimate of drug-likeness (QED) is 0.480. The number of carbonyl (C=O) groups is 1. The van der Waals surface area contributed by atoms with Crippen molar-refractivity contribution in [2.24, 2.45) is 0 Å². The molecule has 4 aromatic rings. The molecule has 0 fully saturated rings. The number of nitrogens with one attached hydrogen (secondary N) is 2. The van der Waals surface area contributed by atoms with E-state index in [-0.39, 0.29) is 0 Å². The first-order valence-corrected chi connectivity index (χ1v) is 9.18. The van der Waals surface area contributed by atoms with E-state index >= 15 is 0 Å². The minimum atomic E-state index is -0.502. The number of hydrogen-bond acceptors (Lipinski definition) is 8. The van der Waals surface area contributed by atoms with Gasteiger partial charge < -0.3 is 23.9 Å². The summed E-state index contributed by atoms with van der Waals surface area (Å²) in [4.78, 5) is 25.4. The van der Waals surface area contributed by atoms with Crippen molar-refractivity contribution in [1.29, 1.82) is 0 Å². The summed E-state index contributed by atoms with van der Waals surface area (Å²) in [7, 11) is 4.50. The number of anilines is 2. The van der Waals surface area contributed by atoms with Crippen molar-refractivity contribution in [3.05, 3.63) is 48.7 Å². The van der Waals surface area contributed by atoms with Crippen LogP contribution in [0.5, 0.6) is 17.2 Å². The summed E-state index contributed by atoms with van der Waals surface area (Å²) in [6.45, 7) is 0. The van der Waals surface area contributed by atoms with Gasteiger partial charge in [0, 0.05) is 18.3 Å². The van der Waals surface area contributed by atoms with Gasteiger partial charge in [-0.05, 0) is 24.3 Å². The SMILES string of the molecule is COc1cc(NC(=O)Nc2cccc(-c3nc4ncccc4o3)n2)cc(OC)c1OC. The van der Waals surface area contributed by atoms with E-state index < -0.39 is 6.03 Å². The molecular formula is C21H19N5O5. The Morgan fingerprint density at radius 3 is 2.39 bits per heavy atom. The fourth-order valence-corrected chi connectivity index (χ4v) is 2.93. The van der Waals surface area contributed by atoms with Gasteiger partial charge >= 0.3 is 6.03 Å². The maximum absolute atomic E-state index is 12.5. The molecule has 0 aliphatic heterocycles. The Kier molecular flexibility index (Phi) is 5.52. The molecular weight excluding hydrogens is 402 g/mol. The lowest BCUT2D eigenvalue weighted by atomic mass is 10.2. The number of aromatic nitrogens is 3. The van der Waals surface area contributed by atoms with E-state index in [1.165, 1.54) is 21.3 Å². The highest BCUT2D eigenvalue weighted by Crippen LogP contribution is 2.39. The molecule has 10 nitrogen and oxygen atoms in total. The molecule has 0 radical (unpaired) electrons. The maximum atomic E-state index is 12.5. The molecule has 0 spiro atoms. The number of ether oxygens (including phenoxy) is 3. The molecule has 0 saturated carbocycles. The Morgan fingerprint density at radius 1 is 0.935 bits per heavy atom. The van der Waals surface area contributed by atoms with E-state index in [1.54, 1.807) is 48.7 Å². The van der Waals surface area contributed by atoms with Crippen LogP contribution in [0.4, 0.5) is 16.3 Å². The number of methoxy groups -OCH3 is 3. The van der Waals surface area contributed by atoms with Crippen LogP contribution in [-0.4, -0.2) is 42.3 Å². The van der Waals surface area contributed by atoms with Gasteiger partial charge in [0.15, 0.2) is 22.7 Å².